The van der Waals surface area contributed by atoms with Gasteiger partial charge in [-0.25, -0.2) is 0 Å². The highest BCUT2D eigenvalue weighted by atomic mass is 16.4. The van der Waals surface area contributed by atoms with E-state index in [-0.39, 0.29) is 6.04 Å². The Morgan fingerprint density at radius 1 is 1.53 bits per heavy atom. The molecule has 100 valence electrons. The molecule has 1 rings (SSSR count). The number of nitrogens with one attached hydrogen (secondary N) is 1. The molecule has 0 aromatic carbocycles. The number of nitrogens with zero attached hydrogens (tertiary/aromatic N) is 1. The molecule has 0 saturated carbocycles. The van der Waals surface area contributed by atoms with E-state index in [9.17, 15) is 9.90 Å². The van der Waals surface area contributed by atoms with Crippen molar-refractivity contribution in [2.75, 3.05) is 19.6 Å². The van der Waals surface area contributed by atoms with Gasteiger partial charge in [0.05, 0.1) is 0 Å². The molecule has 1 aliphatic heterocycles. The summed E-state index contributed by atoms with van der Waals surface area (Å²) in [4.78, 5) is 13.4. The van der Waals surface area contributed by atoms with Crippen LogP contribution in [0.4, 0.5) is 0 Å². The zero-order chi connectivity index (χ0) is 12.7. The molecule has 0 bridgehead atoms. The largest absolute Gasteiger partial charge is 0.480 e. The van der Waals surface area contributed by atoms with Crippen LogP contribution in [0.2, 0.25) is 0 Å². The number of rotatable bonds is 8. The van der Waals surface area contributed by atoms with Gasteiger partial charge in [0.2, 0.25) is 0 Å². The summed E-state index contributed by atoms with van der Waals surface area (Å²) in [6, 6.07) is 0.171. The van der Waals surface area contributed by atoms with Crippen LogP contribution in [0.5, 0.6) is 0 Å². The topological polar surface area (TPSA) is 52.6 Å². The van der Waals surface area contributed by atoms with Crippen molar-refractivity contribution in [1.82, 2.24) is 10.2 Å². The fourth-order valence-electron chi connectivity index (χ4n) is 2.52. The highest BCUT2D eigenvalue weighted by Crippen LogP contribution is 2.12. The lowest BCUT2D eigenvalue weighted by Crippen LogP contribution is -2.47. The summed E-state index contributed by atoms with van der Waals surface area (Å²) in [5.74, 6) is -0.679. The van der Waals surface area contributed by atoms with Crippen LogP contribution in [0.3, 0.4) is 0 Å². The Hall–Kier alpha value is -0.610. The summed E-state index contributed by atoms with van der Waals surface area (Å²) in [6.45, 7) is 6.97. The summed E-state index contributed by atoms with van der Waals surface area (Å²) in [5, 5.41) is 12.7. The first kappa shape index (κ1) is 14.5. The molecule has 4 heteroatoms. The van der Waals surface area contributed by atoms with E-state index in [0.717, 1.165) is 32.5 Å². The first-order valence-corrected chi connectivity index (χ1v) is 6.89. The molecule has 4 nitrogen and oxygen atoms in total. The van der Waals surface area contributed by atoms with E-state index in [4.69, 9.17) is 0 Å². The molecule has 0 spiro atoms. The monoisotopic (exact) mass is 242 g/mol. The molecule has 0 aromatic heterocycles. The van der Waals surface area contributed by atoms with E-state index in [2.05, 4.69) is 17.1 Å². The summed E-state index contributed by atoms with van der Waals surface area (Å²) in [7, 11) is 0. The summed E-state index contributed by atoms with van der Waals surface area (Å²) < 4.78 is 0. The maximum atomic E-state index is 11.2. The Morgan fingerprint density at radius 3 is 2.76 bits per heavy atom. The lowest BCUT2D eigenvalue weighted by Gasteiger charge is -2.30. The van der Waals surface area contributed by atoms with E-state index >= 15 is 0 Å². The van der Waals surface area contributed by atoms with Gasteiger partial charge in [-0.2, -0.15) is 0 Å². The zero-order valence-electron chi connectivity index (χ0n) is 11.1. The Bertz CT molecular complexity index is 227. The number of carbonyl (C=O) groups is 1. The van der Waals surface area contributed by atoms with Crippen LogP contribution in [0.1, 0.15) is 46.0 Å². The second-order valence-electron chi connectivity index (χ2n) is 4.90. The van der Waals surface area contributed by atoms with Gasteiger partial charge < -0.3 is 10.4 Å². The molecule has 1 fully saturated rings. The van der Waals surface area contributed by atoms with Crippen molar-refractivity contribution in [3.8, 4) is 0 Å². The molecule has 1 saturated heterocycles. The number of aliphatic carboxylic acids is 1. The van der Waals surface area contributed by atoms with Crippen molar-refractivity contribution in [3.05, 3.63) is 0 Å². The van der Waals surface area contributed by atoms with E-state index in [0.29, 0.717) is 12.5 Å². The SMILES string of the molecule is CCCCN(CC1CCCN1)C(CC)C(=O)O. The van der Waals surface area contributed by atoms with Crippen LogP contribution in [-0.2, 0) is 4.79 Å². The van der Waals surface area contributed by atoms with Gasteiger partial charge >= 0.3 is 5.97 Å². The van der Waals surface area contributed by atoms with Crippen molar-refractivity contribution in [3.63, 3.8) is 0 Å². The van der Waals surface area contributed by atoms with Crippen LogP contribution in [-0.4, -0.2) is 47.7 Å². The second-order valence-corrected chi connectivity index (χ2v) is 4.90. The summed E-state index contributed by atoms with van der Waals surface area (Å²) >= 11 is 0. The highest BCUT2D eigenvalue weighted by Gasteiger charge is 2.26. The molecule has 1 aliphatic rings. The first-order valence-electron chi connectivity index (χ1n) is 6.89. The number of hydrogen-bond acceptors (Lipinski definition) is 3. The van der Waals surface area contributed by atoms with E-state index in [1.807, 2.05) is 6.92 Å². The average Bonchev–Trinajstić information content (AvgIpc) is 2.78. The number of hydrogen-bond donors (Lipinski definition) is 2. The average molecular weight is 242 g/mol. The molecule has 0 radical (unpaired) electrons. The molecule has 2 atom stereocenters. The van der Waals surface area contributed by atoms with Gasteiger partial charge in [-0.15, -0.1) is 0 Å². The Morgan fingerprint density at radius 2 is 2.29 bits per heavy atom. The maximum Gasteiger partial charge on any atom is 0.320 e. The quantitative estimate of drug-likeness (QED) is 0.680. The van der Waals surface area contributed by atoms with Crippen LogP contribution >= 0.6 is 0 Å². The minimum atomic E-state index is -0.679. The Labute approximate surface area is 104 Å². The molecule has 17 heavy (non-hydrogen) atoms. The smallest absolute Gasteiger partial charge is 0.320 e. The number of carboxylic acid groups (broad SMARTS) is 1. The molecule has 0 amide bonds. The fraction of sp³-hybridized carbons (Fsp3) is 0.923. The summed E-state index contributed by atoms with van der Waals surface area (Å²) in [6.07, 6.45) is 5.28. The lowest BCUT2D eigenvalue weighted by atomic mass is 10.1. The fourth-order valence-corrected chi connectivity index (χ4v) is 2.52. The highest BCUT2D eigenvalue weighted by molar-refractivity contribution is 5.73. The molecular weight excluding hydrogens is 216 g/mol. The van der Waals surface area contributed by atoms with E-state index < -0.39 is 5.97 Å². The molecular formula is C13H26N2O2. The van der Waals surface area contributed by atoms with Crippen LogP contribution < -0.4 is 5.32 Å². The molecule has 2 unspecified atom stereocenters. The zero-order valence-corrected chi connectivity index (χ0v) is 11.1. The lowest BCUT2D eigenvalue weighted by molar-refractivity contribution is -0.143. The van der Waals surface area contributed by atoms with Gasteiger partial charge in [0.15, 0.2) is 0 Å². The molecule has 2 N–H and O–H groups in total. The van der Waals surface area contributed by atoms with Crippen LogP contribution in [0.25, 0.3) is 0 Å². The number of carboxylic acids is 1. The third kappa shape index (κ3) is 4.64. The normalized spacial score (nSPS) is 21.9. The van der Waals surface area contributed by atoms with Gasteiger partial charge in [-0.05, 0) is 38.8 Å². The van der Waals surface area contributed by atoms with Crippen molar-refractivity contribution in [2.45, 2.75) is 58.0 Å². The minimum Gasteiger partial charge on any atom is -0.480 e. The van der Waals surface area contributed by atoms with Gasteiger partial charge in [0.25, 0.3) is 0 Å². The van der Waals surface area contributed by atoms with Gasteiger partial charge in [-0.3, -0.25) is 9.69 Å². The second kappa shape index (κ2) is 7.67. The van der Waals surface area contributed by atoms with Crippen molar-refractivity contribution in [1.29, 1.82) is 0 Å². The van der Waals surface area contributed by atoms with E-state index in [1.165, 1.54) is 12.8 Å². The van der Waals surface area contributed by atoms with Crippen molar-refractivity contribution in [2.24, 2.45) is 0 Å². The van der Waals surface area contributed by atoms with Crippen molar-refractivity contribution < 1.29 is 9.90 Å². The standard InChI is InChI=1S/C13H26N2O2/c1-3-5-9-15(12(4-2)13(16)17)10-11-7-6-8-14-11/h11-12,14H,3-10H2,1-2H3,(H,16,17). The van der Waals surface area contributed by atoms with Crippen LogP contribution in [0, 0.1) is 0 Å². The van der Waals surface area contributed by atoms with Crippen molar-refractivity contribution >= 4 is 5.97 Å². The predicted octanol–water partition coefficient (Wildman–Crippen LogP) is 1.70. The third-order valence-corrected chi connectivity index (χ3v) is 3.53. The van der Waals surface area contributed by atoms with Gasteiger partial charge in [0.1, 0.15) is 6.04 Å². The number of unbranched alkanes of at least 4 members (excludes halogenated alkanes) is 1. The first-order chi connectivity index (χ1) is 8.19. The summed E-state index contributed by atoms with van der Waals surface area (Å²) in [5.41, 5.74) is 0. The third-order valence-electron chi connectivity index (χ3n) is 3.53. The predicted molar refractivity (Wildman–Crippen MR) is 69.2 cm³/mol. The maximum absolute atomic E-state index is 11.2. The van der Waals surface area contributed by atoms with Gasteiger partial charge in [-0.1, -0.05) is 20.3 Å². The van der Waals surface area contributed by atoms with Gasteiger partial charge in [0, 0.05) is 12.6 Å². The molecule has 0 aliphatic carbocycles. The van der Waals surface area contributed by atoms with E-state index in [1.54, 1.807) is 0 Å². The molecule has 0 aromatic rings. The Kier molecular flexibility index (Phi) is 6.52. The van der Waals surface area contributed by atoms with Crippen LogP contribution in [0.15, 0.2) is 0 Å². The minimum absolute atomic E-state index is 0.316. The Balaban J connectivity index is 2.53. The molecule has 1 heterocycles.